The first kappa shape index (κ1) is 8.04. The lowest BCUT2D eigenvalue weighted by Crippen LogP contribution is -1.99. The molecule has 0 heterocycles. The van der Waals surface area contributed by atoms with Crippen molar-refractivity contribution >= 4 is 5.78 Å². The van der Waals surface area contributed by atoms with Crippen LogP contribution >= 0.6 is 0 Å². The lowest BCUT2D eigenvalue weighted by molar-refractivity contribution is 0.0994. The lowest BCUT2D eigenvalue weighted by Gasteiger charge is -2.08. The summed E-state index contributed by atoms with van der Waals surface area (Å²) < 4.78 is 5.76. The first-order valence-electron chi connectivity index (χ1n) is 5.16. The molecule has 1 aromatic carbocycles. The summed E-state index contributed by atoms with van der Waals surface area (Å²) in [5, 5.41) is 0. The Balaban J connectivity index is 1.99. The quantitative estimate of drug-likeness (QED) is 0.712. The van der Waals surface area contributed by atoms with Crippen LogP contribution in [0.2, 0.25) is 0 Å². The largest absolute Gasteiger partial charge is 0.490 e. The van der Waals surface area contributed by atoms with E-state index >= 15 is 0 Å². The number of benzene rings is 1. The Kier molecular flexibility index (Phi) is 1.63. The number of ether oxygens (including phenoxy) is 1. The molecule has 2 aliphatic carbocycles. The second-order valence-electron chi connectivity index (χ2n) is 4.02. The molecule has 0 aliphatic heterocycles. The number of ketones is 1. The zero-order valence-corrected chi connectivity index (χ0v) is 7.95. The maximum absolute atomic E-state index is 11.5. The molecule has 72 valence electrons. The maximum Gasteiger partial charge on any atom is 0.163 e. The van der Waals surface area contributed by atoms with E-state index < -0.39 is 0 Å². The van der Waals surface area contributed by atoms with E-state index in [1.165, 1.54) is 0 Å². The predicted octanol–water partition coefficient (Wildman–Crippen LogP) is 2.36. The highest BCUT2D eigenvalue weighted by atomic mass is 16.5. The topological polar surface area (TPSA) is 26.3 Å². The molecule has 0 amide bonds. The highest BCUT2D eigenvalue weighted by Crippen LogP contribution is 2.34. The Hall–Kier alpha value is -1.31. The molecule has 2 aliphatic rings. The van der Waals surface area contributed by atoms with Gasteiger partial charge in [0.05, 0.1) is 6.10 Å². The summed E-state index contributed by atoms with van der Waals surface area (Å²) in [4.78, 5) is 11.5. The number of Topliss-reactive ketones (excluding diaryl/α,β-unsaturated/α-hetero) is 1. The molecule has 0 N–H and O–H groups in total. The van der Waals surface area contributed by atoms with Gasteiger partial charge in [-0.2, -0.15) is 0 Å². The molecule has 2 heteroatoms. The summed E-state index contributed by atoms with van der Waals surface area (Å²) in [5.41, 5.74) is 2.01. The maximum atomic E-state index is 11.5. The number of hydrogen-bond acceptors (Lipinski definition) is 2. The van der Waals surface area contributed by atoms with Crippen LogP contribution < -0.4 is 4.74 Å². The van der Waals surface area contributed by atoms with Crippen molar-refractivity contribution < 1.29 is 9.53 Å². The number of carbonyl (C=O) groups excluding carboxylic acids is 1. The second-order valence-corrected chi connectivity index (χ2v) is 4.02. The Labute approximate surface area is 82.9 Å². The fourth-order valence-electron chi connectivity index (χ4n) is 1.93. The Morgan fingerprint density at radius 1 is 1.21 bits per heavy atom. The van der Waals surface area contributed by atoms with Crippen LogP contribution in [0.5, 0.6) is 5.75 Å². The molecule has 0 radical (unpaired) electrons. The molecule has 0 bridgehead atoms. The van der Waals surface area contributed by atoms with Gasteiger partial charge in [-0.05, 0) is 25.3 Å². The highest BCUT2D eigenvalue weighted by Gasteiger charge is 2.27. The predicted molar refractivity (Wildman–Crippen MR) is 52.7 cm³/mol. The van der Waals surface area contributed by atoms with Gasteiger partial charge in [0, 0.05) is 17.5 Å². The van der Waals surface area contributed by atoms with Crippen molar-refractivity contribution in [2.45, 2.75) is 31.8 Å². The lowest BCUT2D eigenvalue weighted by atomic mass is 10.1. The van der Waals surface area contributed by atoms with Crippen molar-refractivity contribution in [2.24, 2.45) is 0 Å². The molecule has 3 rings (SSSR count). The first-order valence-corrected chi connectivity index (χ1v) is 5.16. The van der Waals surface area contributed by atoms with Gasteiger partial charge in [-0.25, -0.2) is 0 Å². The minimum Gasteiger partial charge on any atom is -0.490 e. The molecule has 1 saturated carbocycles. The van der Waals surface area contributed by atoms with Gasteiger partial charge in [0.1, 0.15) is 5.75 Å². The number of fused-ring (bicyclic) bond motifs is 1. The molecule has 1 fully saturated rings. The Bertz CT molecular complexity index is 391. The van der Waals surface area contributed by atoms with E-state index in [1.807, 2.05) is 18.2 Å². The molecular weight excluding hydrogens is 176 g/mol. The van der Waals surface area contributed by atoms with Crippen LogP contribution in [0.3, 0.4) is 0 Å². The molecule has 0 unspecified atom stereocenters. The number of carbonyl (C=O) groups is 1. The summed E-state index contributed by atoms with van der Waals surface area (Å²) >= 11 is 0. The molecule has 1 aromatic rings. The molecular formula is C12H12O2. The van der Waals surface area contributed by atoms with Gasteiger partial charge in [0.2, 0.25) is 0 Å². The summed E-state index contributed by atoms with van der Waals surface area (Å²) in [6.45, 7) is 0. The average molecular weight is 188 g/mol. The monoisotopic (exact) mass is 188 g/mol. The summed E-state index contributed by atoms with van der Waals surface area (Å²) in [6, 6.07) is 5.81. The van der Waals surface area contributed by atoms with Gasteiger partial charge in [0.15, 0.2) is 5.78 Å². The van der Waals surface area contributed by atoms with Crippen molar-refractivity contribution in [1.29, 1.82) is 0 Å². The van der Waals surface area contributed by atoms with E-state index in [2.05, 4.69) is 0 Å². The first-order chi connectivity index (χ1) is 6.84. The van der Waals surface area contributed by atoms with E-state index in [0.29, 0.717) is 12.5 Å². The third-order valence-corrected chi connectivity index (χ3v) is 2.85. The van der Waals surface area contributed by atoms with Crippen molar-refractivity contribution in [3.8, 4) is 5.75 Å². The third-order valence-electron chi connectivity index (χ3n) is 2.85. The van der Waals surface area contributed by atoms with Crippen LogP contribution in [-0.4, -0.2) is 11.9 Å². The molecule has 14 heavy (non-hydrogen) atoms. The van der Waals surface area contributed by atoms with E-state index in [9.17, 15) is 4.79 Å². The molecule has 2 nitrogen and oxygen atoms in total. The van der Waals surface area contributed by atoms with Gasteiger partial charge in [-0.1, -0.05) is 12.1 Å². The van der Waals surface area contributed by atoms with Crippen molar-refractivity contribution in [3.05, 3.63) is 29.3 Å². The average Bonchev–Trinajstić information content (AvgIpc) is 2.92. The third kappa shape index (κ3) is 1.22. The van der Waals surface area contributed by atoms with Gasteiger partial charge < -0.3 is 4.74 Å². The Morgan fingerprint density at radius 3 is 2.86 bits per heavy atom. The van der Waals surface area contributed by atoms with E-state index in [1.54, 1.807) is 0 Å². The van der Waals surface area contributed by atoms with Crippen LogP contribution in [0.1, 0.15) is 35.2 Å². The fraction of sp³-hybridized carbons (Fsp3) is 0.417. The van der Waals surface area contributed by atoms with Crippen LogP contribution in [0, 0.1) is 0 Å². The summed E-state index contributed by atoms with van der Waals surface area (Å²) in [5.74, 6) is 1.21. The minimum absolute atomic E-state index is 0.265. The van der Waals surface area contributed by atoms with Gasteiger partial charge in [-0.3, -0.25) is 4.79 Å². The van der Waals surface area contributed by atoms with E-state index in [-0.39, 0.29) is 5.78 Å². The van der Waals surface area contributed by atoms with Crippen LogP contribution in [-0.2, 0) is 6.42 Å². The standard InChI is InChI=1S/C12H12O2/c13-11-7-6-10-9(11)2-1-3-12(10)14-8-4-5-8/h1-3,8H,4-7H2. The van der Waals surface area contributed by atoms with Gasteiger partial charge in [0.25, 0.3) is 0 Å². The van der Waals surface area contributed by atoms with Crippen molar-refractivity contribution in [1.82, 2.24) is 0 Å². The normalized spacial score (nSPS) is 19.6. The second kappa shape index (κ2) is 2.84. The summed E-state index contributed by atoms with van der Waals surface area (Å²) in [7, 11) is 0. The fourth-order valence-corrected chi connectivity index (χ4v) is 1.93. The zero-order valence-electron chi connectivity index (χ0n) is 7.95. The minimum atomic E-state index is 0.265. The molecule has 0 atom stereocenters. The SMILES string of the molecule is O=C1CCc2c(OC3CC3)cccc21. The number of hydrogen-bond donors (Lipinski definition) is 0. The molecule has 0 aromatic heterocycles. The van der Waals surface area contributed by atoms with Crippen molar-refractivity contribution in [3.63, 3.8) is 0 Å². The van der Waals surface area contributed by atoms with Gasteiger partial charge in [-0.15, -0.1) is 0 Å². The summed E-state index contributed by atoms with van der Waals surface area (Å²) in [6.07, 6.45) is 4.25. The van der Waals surface area contributed by atoms with Crippen LogP contribution in [0.15, 0.2) is 18.2 Å². The smallest absolute Gasteiger partial charge is 0.163 e. The Morgan fingerprint density at radius 2 is 2.07 bits per heavy atom. The van der Waals surface area contributed by atoms with Crippen LogP contribution in [0.25, 0.3) is 0 Å². The molecule has 0 spiro atoms. The molecule has 0 saturated heterocycles. The van der Waals surface area contributed by atoms with Gasteiger partial charge >= 0.3 is 0 Å². The van der Waals surface area contributed by atoms with Crippen LogP contribution in [0.4, 0.5) is 0 Å². The van der Waals surface area contributed by atoms with E-state index in [0.717, 1.165) is 36.1 Å². The zero-order chi connectivity index (χ0) is 9.54. The van der Waals surface area contributed by atoms with Crippen molar-refractivity contribution in [2.75, 3.05) is 0 Å². The number of rotatable bonds is 2. The highest BCUT2D eigenvalue weighted by molar-refractivity contribution is 6.01. The van der Waals surface area contributed by atoms with E-state index in [4.69, 9.17) is 4.74 Å².